The number of aromatic nitrogens is 2. The average Bonchev–Trinajstić information content (AvgIpc) is 3.21. The molecule has 0 aliphatic carbocycles. The first-order valence-electron chi connectivity index (χ1n) is 10.5. The van der Waals surface area contributed by atoms with Gasteiger partial charge in [-0.1, -0.05) is 26.0 Å². The van der Waals surface area contributed by atoms with Crippen LogP contribution in [0.25, 0.3) is 16.6 Å². The molecule has 1 atom stereocenters. The van der Waals surface area contributed by atoms with Crippen LogP contribution < -0.4 is 5.32 Å². The van der Waals surface area contributed by atoms with Gasteiger partial charge in [0.15, 0.2) is 0 Å². The van der Waals surface area contributed by atoms with Gasteiger partial charge in [-0.15, -0.1) is 0 Å². The number of carbonyl (C=O) groups is 2. The van der Waals surface area contributed by atoms with Crippen LogP contribution >= 0.6 is 0 Å². The van der Waals surface area contributed by atoms with E-state index in [2.05, 4.69) is 15.3 Å². The second-order valence-corrected chi connectivity index (χ2v) is 8.16. The molecule has 1 aliphatic heterocycles. The van der Waals surface area contributed by atoms with Crippen LogP contribution in [0.4, 0.5) is 8.78 Å². The lowest BCUT2D eigenvalue weighted by Gasteiger charge is -2.32. The van der Waals surface area contributed by atoms with E-state index in [9.17, 15) is 18.4 Å². The van der Waals surface area contributed by atoms with E-state index >= 15 is 0 Å². The molecule has 0 spiro atoms. The van der Waals surface area contributed by atoms with Crippen molar-refractivity contribution in [2.24, 2.45) is 5.92 Å². The topological polar surface area (TPSA) is 78.1 Å². The fraction of sp³-hybridized carbons (Fsp3) is 0.292. The number of nitrogens with zero attached hydrogens (tertiary/aromatic N) is 2. The monoisotopic (exact) mass is 438 g/mol. The molecule has 6 nitrogen and oxygen atoms in total. The van der Waals surface area contributed by atoms with E-state index in [0.29, 0.717) is 19.5 Å². The molecule has 0 bridgehead atoms. The van der Waals surface area contributed by atoms with E-state index in [-0.39, 0.29) is 11.8 Å². The number of H-pyrrole nitrogens is 1. The van der Waals surface area contributed by atoms with E-state index in [1.807, 2.05) is 24.4 Å². The second-order valence-electron chi connectivity index (χ2n) is 8.16. The highest BCUT2D eigenvalue weighted by Crippen LogP contribution is 2.28. The van der Waals surface area contributed by atoms with Gasteiger partial charge in [0.25, 0.3) is 5.91 Å². The predicted molar refractivity (Wildman–Crippen MR) is 118 cm³/mol. The summed E-state index contributed by atoms with van der Waals surface area (Å²) in [5.41, 5.74) is 2.31. The average molecular weight is 438 g/mol. The Morgan fingerprint density at radius 3 is 2.56 bits per heavy atom. The summed E-state index contributed by atoms with van der Waals surface area (Å²) in [5.74, 6) is -3.40. The Labute approximate surface area is 184 Å². The number of benzene rings is 1. The number of hydrogen-bond acceptors (Lipinski definition) is 3. The van der Waals surface area contributed by atoms with Crippen LogP contribution in [-0.2, 0) is 4.79 Å². The Bertz CT molecular complexity index is 1180. The third kappa shape index (κ3) is 4.12. The number of nitrogens with one attached hydrogen (secondary N) is 2. The summed E-state index contributed by atoms with van der Waals surface area (Å²) in [6.07, 6.45) is 6.29. The molecule has 1 unspecified atom stereocenters. The molecule has 1 aromatic carbocycles. The quantitative estimate of drug-likeness (QED) is 0.634. The highest BCUT2D eigenvalue weighted by atomic mass is 19.1. The van der Waals surface area contributed by atoms with Gasteiger partial charge in [-0.05, 0) is 42.2 Å². The summed E-state index contributed by atoms with van der Waals surface area (Å²) in [4.78, 5) is 34.8. The first-order valence-corrected chi connectivity index (χ1v) is 10.5. The molecule has 0 fully saturated rings. The van der Waals surface area contributed by atoms with Crippen LogP contribution in [0.1, 0.15) is 36.2 Å². The Morgan fingerprint density at radius 2 is 1.91 bits per heavy atom. The van der Waals surface area contributed by atoms with Crippen molar-refractivity contribution in [2.75, 3.05) is 13.1 Å². The number of halogens is 2. The van der Waals surface area contributed by atoms with Crippen molar-refractivity contribution in [3.63, 3.8) is 0 Å². The first kappa shape index (κ1) is 21.7. The Hall–Kier alpha value is -3.55. The number of fused-ring (bicyclic) bond motifs is 1. The van der Waals surface area contributed by atoms with Crippen LogP contribution in [0.5, 0.6) is 0 Å². The molecule has 2 N–H and O–H groups in total. The van der Waals surface area contributed by atoms with E-state index in [1.165, 1.54) is 6.07 Å². The normalized spacial score (nSPS) is 15.0. The summed E-state index contributed by atoms with van der Waals surface area (Å²) in [7, 11) is 0. The van der Waals surface area contributed by atoms with E-state index in [1.54, 1.807) is 24.9 Å². The van der Waals surface area contributed by atoms with E-state index < -0.39 is 29.1 Å². The van der Waals surface area contributed by atoms with Crippen molar-refractivity contribution in [3.8, 4) is 0 Å². The fourth-order valence-electron chi connectivity index (χ4n) is 3.97. The third-order valence-corrected chi connectivity index (χ3v) is 5.73. The smallest absolute Gasteiger partial charge is 0.257 e. The first-order chi connectivity index (χ1) is 15.4. The minimum absolute atomic E-state index is 0.258. The Kier molecular flexibility index (Phi) is 6.03. The van der Waals surface area contributed by atoms with Gasteiger partial charge in [-0.2, -0.15) is 0 Å². The lowest BCUT2D eigenvalue weighted by Crippen LogP contribution is -2.52. The van der Waals surface area contributed by atoms with E-state index in [4.69, 9.17) is 0 Å². The highest BCUT2D eigenvalue weighted by Gasteiger charge is 2.31. The third-order valence-electron chi connectivity index (χ3n) is 5.73. The minimum atomic E-state index is -0.962. The van der Waals surface area contributed by atoms with Crippen molar-refractivity contribution in [3.05, 3.63) is 71.6 Å². The van der Waals surface area contributed by atoms with Crippen LogP contribution in [0.3, 0.4) is 0 Å². The molecule has 2 amide bonds. The molecule has 4 rings (SSSR count). The minimum Gasteiger partial charge on any atom is -0.346 e. The lowest BCUT2D eigenvalue weighted by molar-refractivity contribution is -0.133. The number of rotatable bonds is 5. The molecule has 2 aromatic heterocycles. The zero-order chi connectivity index (χ0) is 22.8. The molecule has 166 valence electrons. The SMILES string of the molecule is CC(C)C(NC(=O)c1c(F)cccc1F)C(=O)N1CC=C(c2c[nH]c3ncccc23)CC1. The Balaban J connectivity index is 1.49. The zero-order valence-corrected chi connectivity index (χ0v) is 17.9. The maximum atomic E-state index is 14.0. The summed E-state index contributed by atoms with van der Waals surface area (Å²) >= 11 is 0. The largest absolute Gasteiger partial charge is 0.346 e. The molecule has 3 heterocycles. The lowest BCUT2D eigenvalue weighted by atomic mass is 9.97. The van der Waals surface area contributed by atoms with Crippen LogP contribution in [-0.4, -0.2) is 45.8 Å². The van der Waals surface area contributed by atoms with Crippen molar-refractivity contribution >= 4 is 28.4 Å². The summed E-state index contributed by atoms with van der Waals surface area (Å²) in [6, 6.07) is 6.21. The highest BCUT2D eigenvalue weighted by molar-refractivity contribution is 5.98. The molecule has 8 heteroatoms. The molecule has 0 saturated heterocycles. The summed E-state index contributed by atoms with van der Waals surface area (Å²) < 4.78 is 28.0. The van der Waals surface area contributed by atoms with E-state index in [0.717, 1.165) is 34.3 Å². The zero-order valence-electron chi connectivity index (χ0n) is 17.9. The van der Waals surface area contributed by atoms with Gasteiger partial charge in [-0.3, -0.25) is 9.59 Å². The molecular formula is C24H24F2N4O2. The second kappa shape index (κ2) is 8.90. The number of hydrogen-bond donors (Lipinski definition) is 2. The van der Waals surface area contributed by atoms with Crippen molar-refractivity contribution in [1.29, 1.82) is 0 Å². The summed E-state index contributed by atoms with van der Waals surface area (Å²) in [5, 5.41) is 3.56. The molecule has 32 heavy (non-hydrogen) atoms. The number of amides is 2. The molecule has 3 aromatic rings. The molecule has 0 saturated carbocycles. The van der Waals surface area contributed by atoms with Gasteiger partial charge in [0.2, 0.25) is 5.91 Å². The number of pyridine rings is 1. The Morgan fingerprint density at radius 1 is 1.16 bits per heavy atom. The molecular weight excluding hydrogens is 414 g/mol. The van der Waals surface area contributed by atoms with Gasteiger partial charge in [-0.25, -0.2) is 13.8 Å². The van der Waals surface area contributed by atoms with Gasteiger partial charge in [0.1, 0.15) is 28.9 Å². The van der Waals surface area contributed by atoms with Crippen molar-refractivity contribution < 1.29 is 18.4 Å². The predicted octanol–water partition coefficient (Wildman–Crippen LogP) is 3.91. The van der Waals surface area contributed by atoms with Gasteiger partial charge in [0, 0.05) is 36.4 Å². The van der Waals surface area contributed by atoms with Crippen LogP contribution in [0, 0.1) is 17.6 Å². The van der Waals surface area contributed by atoms with Crippen LogP contribution in [0.15, 0.2) is 48.8 Å². The van der Waals surface area contributed by atoms with Crippen molar-refractivity contribution in [2.45, 2.75) is 26.3 Å². The fourth-order valence-corrected chi connectivity index (χ4v) is 3.97. The number of carbonyl (C=O) groups excluding carboxylic acids is 2. The van der Waals surface area contributed by atoms with Crippen LogP contribution in [0.2, 0.25) is 0 Å². The number of aromatic amines is 1. The maximum absolute atomic E-state index is 14.0. The molecule has 1 aliphatic rings. The maximum Gasteiger partial charge on any atom is 0.257 e. The standard InChI is InChI=1S/C24H24F2N4O2/c1-14(2)21(29-23(31)20-18(25)6-3-7-19(20)26)24(32)30-11-8-15(9-12-30)17-13-28-22-16(17)5-4-10-27-22/h3-8,10,13-14,21H,9,11-12H2,1-2H3,(H,27,28)(H,29,31). The van der Waals surface area contributed by atoms with Crippen molar-refractivity contribution in [1.82, 2.24) is 20.2 Å². The van der Waals surface area contributed by atoms with Gasteiger partial charge in [0.05, 0.1) is 0 Å². The van der Waals surface area contributed by atoms with Gasteiger partial charge < -0.3 is 15.2 Å². The molecule has 0 radical (unpaired) electrons. The summed E-state index contributed by atoms with van der Waals surface area (Å²) in [6.45, 7) is 4.43. The van der Waals surface area contributed by atoms with Gasteiger partial charge >= 0.3 is 0 Å².